The van der Waals surface area contributed by atoms with Gasteiger partial charge in [0, 0.05) is 19.2 Å². The number of hydrogen-bond acceptors (Lipinski definition) is 4. The number of carbonyl (C=O) groups is 2. The Kier molecular flexibility index (Phi) is 5.75. The van der Waals surface area contributed by atoms with Crippen LogP contribution >= 0.6 is 15.9 Å². The van der Waals surface area contributed by atoms with Crippen LogP contribution in [0.25, 0.3) is 0 Å². The predicted molar refractivity (Wildman–Crippen MR) is 72.2 cm³/mol. The standard InChI is InChI=1S/C12H14BrFN2O3/c1-7(17)16-11(12(18)19-2)6-15-8-3-4-10(14)9(13)5-8/h3-5,11,15H,6H2,1-2H3,(H,16,17). The molecule has 2 N–H and O–H groups in total. The smallest absolute Gasteiger partial charge is 0.330 e. The molecule has 0 heterocycles. The van der Waals surface area contributed by atoms with Gasteiger partial charge in [0.25, 0.3) is 0 Å². The van der Waals surface area contributed by atoms with E-state index in [1.54, 1.807) is 0 Å². The Bertz CT molecular complexity index is 482. The Morgan fingerprint density at radius 3 is 2.68 bits per heavy atom. The summed E-state index contributed by atoms with van der Waals surface area (Å²) in [5.41, 5.74) is 0.618. The van der Waals surface area contributed by atoms with Crippen LogP contribution in [0.15, 0.2) is 22.7 Å². The van der Waals surface area contributed by atoms with Crippen LogP contribution in [-0.2, 0) is 14.3 Å². The van der Waals surface area contributed by atoms with Gasteiger partial charge in [0.15, 0.2) is 0 Å². The molecule has 0 radical (unpaired) electrons. The van der Waals surface area contributed by atoms with Crippen molar-refractivity contribution in [3.8, 4) is 0 Å². The average Bonchev–Trinajstić information content (AvgIpc) is 2.37. The fraction of sp³-hybridized carbons (Fsp3) is 0.333. The molecule has 1 amide bonds. The van der Waals surface area contributed by atoms with E-state index in [4.69, 9.17) is 0 Å². The van der Waals surface area contributed by atoms with Gasteiger partial charge in [0.05, 0.1) is 11.6 Å². The van der Waals surface area contributed by atoms with Crippen molar-refractivity contribution in [1.82, 2.24) is 5.32 Å². The molecule has 0 aliphatic heterocycles. The molecular formula is C12H14BrFN2O3. The predicted octanol–water partition coefficient (Wildman–Crippen LogP) is 1.68. The molecule has 1 atom stereocenters. The highest BCUT2D eigenvalue weighted by molar-refractivity contribution is 9.10. The van der Waals surface area contributed by atoms with Gasteiger partial charge < -0.3 is 15.4 Å². The summed E-state index contributed by atoms with van der Waals surface area (Å²) in [6.07, 6.45) is 0. The Balaban J connectivity index is 2.67. The van der Waals surface area contributed by atoms with Gasteiger partial charge in [-0.3, -0.25) is 4.79 Å². The molecule has 5 nitrogen and oxygen atoms in total. The molecule has 0 fully saturated rings. The van der Waals surface area contributed by atoms with Crippen LogP contribution in [0.3, 0.4) is 0 Å². The van der Waals surface area contributed by atoms with Gasteiger partial charge in [-0.05, 0) is 34.1 Å². The molecule has 0 bridgehead atoms. The summed E-state index contributed by atoms with van der Waals surface area (Å²) in [6, 6.07) is 3.56. The molecule has 104 valence electrons. The van der Waals surface area contributed by atoms with E-state index in [0.29, 0.717) is 10.2 Å². The lowest BCUT2D eigenvalue weighted by atomic mass is 10.2. The zero-order valence-corrected chi connectivity index (χ0v) is 12.1. The van der Waals surface area contributed by atoms with Crippen molar-refractivity contribution >= 4 is 33.5 Å². The zero-order valence-electron chi connectivity index (χ0n) is 10.5. The van der Waals surface area contributed by atoms with E-state index >= 15 is 0 Å². The largest absolute Gasteiger partial charge is 0.467 e. The van der Waals surface area contributed by atoms with Crippen molar-refractivity contribution in [1.29, 1.82) is 0 Å². The average molecular weight is 333 g/mol. The van der Waals surface area contributed by atoms with Crippen LogP contribution in [0.2, 0.25) is 0 Å². The van der Waals surface area contributed by atoms with E-state index in [1.165, 1.54) is 32.2 Å². The maximum Gasteiger partial charge on any atom is 0.330 e. The number of ether oxygens (including phenoxy) is 1. The van der Waals surface area contributed by atoms with Crippen LogP contribution in [0.4, 0.5) is 10.1 Å². The first-order chi connectivity index (χ1) is 8.93. The van der Waals surface area contributed by atoms with Gasteiger partial charge >= 0.3 is 5.97 Å². The normalized spacial score (nSPS) is 11.6. The van der Waals surface area contributed by atoms with E-state index in [-0.39, 0.29) is 18.3 Å². The number of nitrogens with one attached hydrogen (secondary N) is 2. The first-order valence-electron chi connectivity index (χ1n) is 5.48. The minimum atomic E-state index is -0.800. The first kappa shape index (κ1) is 15.4. The van der Waals surface area contributed by atoms with E-state index < -0.39 is 12.0 Å². The molecule has 0 aliphatic carbocycles. The number of amides is 1. The van der Waals surface area contributed by atoms with E-state index in [9.17, 15) is 14.0 Å². The van der Waals surface area contributed by atoms with E-state index in [0.717, 1.165) is 0 Å². The quantitative estimate of drug-likeness (QED) is 0.805. The lowest BCUT2D eigenvalue weighted by Crippen LogP contribution is -2.45. The molecule has 7 heteroatoms. The van der Waals surface area contributed by atoms with Crippen LogP contribution in [0.5, 0.6) is 0 Å². The molecule has 19 heavy (non-hydrogen) atoms. The van der Waals surface area contributed by atoms with Crippen molar-refractivity contribution in [2.24, 2.45) is 0 Å². The summed E-state index contributed by atoms with van der Waals surface area (Å²) in [6.45, 7) is 1.45. The van der Waals surface area contributed by atoms with Crippen LogP contribution < -0.4 is 10.6 Å². The van der Waals surface area contributed by atoms with Crippen molar-refractivity contribution in [3.63, 3.8) is 0 Å². The summed E-state index contributed by atoms with van der Waals surface area (Å²) >= 11 is 3.06. The third kappa shape index (κ3) is 4.86. The van der Waals surface area contributed by atoms with Crippen molar-refractivity contribution in [2.45, 2.75) is 13.0 Å². The second-order valence-electron chi connectivity index (χ2n) is 3.79. The maximum absolute atomic E-state index is 13.0. The van der Waals surface area contributed by atoms with Gasteiger partial charge in [-0.25, -0.2) is 9.18 Å². The Hall–Kier alpha value is -1.63. The number of anilines is 1. The third-order valence-electron chi connectivity index (χ3n) is 2.29. The molecule has 0 saturated carbocycles. The minimum Gasteiger partial charge on any atom is -0.467 e. The van der Waals surface area contributed by atoms with Gasteiger partial charge in [0.1, 0.15) is 11.9 Å². The maximum atomic E-state index is 13.0. The number of rotatable bonds is 5. The number of benzene rings is 1. The van der Waals surface area contributed by atoms with Crippen LogP contribution in [0, 0.1) is 5.82 Å². The third-order valence-corrected chi connectivity index (χ3v) is 2.90. The van der Waals surface area contributed by atoms with Gasteiger partial charge in [0.2, 0.25) is 5.91 Å². The van der Waals surface area contributed by atoms with Crippen molar-refractivity contribution < 1.29 is 18.7 Å². The van der Waals surface area contributed by atoms with E-state index in [2.05, 4.69) is 31.3 Å². The molecular weight excluding hydrogens is 319 g/mol. The summed E-state index contributed by atoms with van der Waals surface area (Å²) in [7, 11) is 1.24. The number of esters is 1. The van der Waals surface area contributed by atoms with Crippen LogP contribution in [0.1, 0.15) is 6.92 Å². The number of halogens is 2. The summed E-state index contributed by atoms with van der Waals surface area (Å²) in [4.78, 5) is 22.4. The number of hydrogen-bond donors (Lipinski definition) is 2. The summed E-state index contributed by atoms with van der Waals surface area (Å²) in [5.74, 6) is -1.27. The summed E-state index contributed by atoms with van der Waals surface area (Å²) < 4.78 is 17.9. The zero-order chi connectivity index (χ0) is 14.4. The van der Waals surface area contributed by atoms with Gasteiger partial charge in [-0.2, -0.15) is 0 Å². The van der Waals surface area contributed by atoms with Crippen molar-refractivity contribution in [2.75, 3.05) is 19.0 Å². The molecule has 1 aromatic carbocycles. The molecule has 0 aromatic heterocycles. The van der Waals surface area contributed by atoms with Crippen LogP contribution in [-0.4, -0.2) is 31.6 Å². The molecule has 0 saturated heterocycles. The molecule has 0 aliphatic rings. The fourth-order valence-electron chi connectivity index (χ4n) is 1.41. The highest BCUT2D eigenvalue weighted by Gasteiger charge is 2.19. The second kappa shape index (κ2) is 7.08. The monoisotopic (exact) mass is 332 g/mol. The van der Waals surface area contributed by atoms with Crippen molar-refractivity contribution in [3.05, 3.63) is 28.5 Å². The minimum absolute atomic E-state index is 0.143. The fourth-order valence-corrected chi connectivity index (χ4v) is 1.79. The Labute approximate surface area is 118 Å². The highest BCUT2D eigenvalue weighted by Crippen LogP contribution is 2.19. The second-order valence-corrected chi connectivity index (χ2v) is 4.64. The number of carbonyl (C=O) groups excluding carboxylic acids is 2. The number of methoxy groups -OCH3 is 1. The summed E-state index contributed by atoms with van der Waals surface area (Å²) in [5, 5.41) is 5.39. The molecule has 1 rings (SSSR count). The Morgan fingerprint density at radius 1 is 1.47 bits per heavy atom. The lowest BCUT2D eigenvalue weighted by Gasteiger charge is -2.17. The molecule has 0 spiro atoms. The SMILES string of the molecule is COC(=O)C(CNc1ccc(F)c(Br)c1)NC(C)=O. The van der Waals surface area contributed by atoms with Gasteiger partial charge in [-0.15, -0.1) is 0 Å². The lowest BCUT2D eigenvalue weighted by molar-refractivity contribution is -0.144. The Morgan fingerprint density at radius 2 is 2.16 bits per heavy atom. The first-order valence-corrected chi connectivity index (χ1v) is 6.27. The van der Waals surface area contributed by atoms with Gasteiger partial charge in [-0.1, -0.05) is 0 Å². The molecule has 1 unspecified atom stereocenters. The highest BCUT2D eigenvalue weighted by atomic mass is 79.9. The topological polar surface area (TPSA) is 67.4 Å². The van der Waals surface area contributed by atoms with E-state index in [1.807, 2.05) is 0 Å². The molecule has 1 aromatic rings.